The third kappa shape index (κ3) is 4.83. The third-order valence-electron chi connectivity index (χ3n) is 3.32. The molecule has 2 nitrogen and oxygen atoms in total. The molecule has 1 amide bonds. The van der Waals surface area contributed by atoms with E-state index in [1.54, 1.807) is 13.0 Å². The van der Waals surface area contributed by atoms with Gasteiger partial charge >= 0.3 is 0 Å². The molecule has 1 N–H and O–H groups in total. The van der Waals surface area contributed by atoms with Gasteiger partial charge in [-0.2, -0.15) is 0 Å². The number of hydrogen-bond donors (Lipinski definition) is 1. The van der Waals surface area contributed by atoms with E-state index in [0.717, 1.165) is 18.4 Å². The maximum absolute atomic E-state index is 13.2. The fourth-order valence-electron chi connectivity index (χ4n) is 2.13. The van der Waals surface area contributed by atoms with Crippen molar-refractivity contribution in [2.45, 2.75) is 39.0 Å². The summed E-state index contributed by atoms with van der Waals surface area (Å²) in [6, 6.07) is 4.30. The largest absolute Gasteiger partial charge is 0.351 e. The lowest BCUT2D eigenvalue weighted by atomic mass is 9.99. The van der Waals surface area contributed by atoms with E-state index in [9.17, 15) is 9.18 Å². The van der Waals surface area contributed by atoms with Gasteiger partial charge in [-0.3, -0.25) is 4.79 Å². The highest BCUT2D eigenvalue weighted by Crippen LogP contribution is 2.18. The monoisotopic (exact) mass is 285 g/mol. The average molecular weight is 286 g/mol. The zero-order valence-electron chi connectivity index (χ0n) is 11.7. The van der Waals surface area contributed by atoms with Crippen LogP contribution in [0.25, 0.3) is 0 Å². The molecule has 0 saturated heterocycles. The highest BCUT2D eigenvalue weighted by molar-refractivity contribution is 6.21. The molecule has 1 unspecified atom stereocenters. The molecule has 106 valence electrons. The predicted molar refractivity (Wildman–Crippen MR) is 77.2 cm³/mol. The van der Waals surface area contributed by atoms with Gasteiger partial charge in [0.1, 0.15) is 5.82 Å². The molecule has 4 heteroatoms. The van der Waals surface area contributed by atoms with Gasteiger partial charge in [0.05, 0.1) is 5.38 Å². The molecule has 0 heterocycles. The lowest BCUT2D eigenvalue weighted by Crippen LogP contribution is -2.33. The SMILES string of the molecule is CCC(CC)C(Cl)CNC(=O)c1cc(C)cc(F)c1. The molecule has 0 aliphatic carbocycles. The minimum absolute atomic E-state index is 0.0893. The zero-order chi connectivity index (χ0) is 14.4. The molecule has 0 spiro atoms. The predicted octanol–water partition coefficient (Wildman–Crippen LogP) is 3.91. The summed E-state index contributed by atoms with van der Waals surface area (Å²) < 4.78 is 13.2. The van der Waals surface area contributed by atoms with E-state index in [1.165, 1.54) is 12.1 Å². The van der Waals surface area contributed by atoms with Crippen LogP contribution in [-0.4, -0.2) is 17.8 Å². The van der Waals surface area contributed by atoms with Crippen LogP contribution in [0.15, 0.2) is 18.2 Å². The summed E-state index contributed by atoms with van der Waals surface area (Å²) in [5.41, 5.74) is 1.07. The van der Waals surface area contributed by atoms with E-state index in [2.05, 4.69) is 19.2 Å². The Hall–Kier alpha value is -1.09. The zero-order valence-corrected chi connectivity index (χ0v) is 12.4. The summed E-state index contributed by atoms with van der Waals surface area (Å²) in [7, 11) is 0. The summed E-state index contributed by atoms with van der Waals surface area (Å²) in [5, 5.41) is 2.68. The molecular weight excluding hydrogens is 265 g/mol. The van der Waals surface area contributed by atoms with Crippen LogP contribution >= 0.6 is 11.6 Å². The lowest BCUT2D eigenvalue weighted by molar-refractivity contribution is 0.0951. The lowest BCUT2D eigenvalue weighted by Gasteiger charge is -2.19. The Morgan fingerprint density at radius 2 is 1.95 bits per heavy atom. The van der Waals surface area contributed by atoms with Crippen LogP contribution in [0.2, 0.25) is 0 Å². The number of halogens is 2. The maximum atomic E-state index is 13.2. The van der Waals surface area contributed by atoms with Crippen LogP contribution in [0.4, 0.5) is 4.39 Å². The average Bonchev–Trinajstić information content (AvgIpc) is 2.36. The first-order chi connectivity index (χ1) is 8.97. The first-order valence-corrected chi connectivity index (χ1v) is 7.11. The number of alkyl halides is 1. The second-order valence-electron chi connectivity index (χ2n) is 4.82. The van der Waals surface area contributed by atoms with Crippen molar-refractivity contribution in [2.75, 3.05) is 6.54 Å². The molecule has 1 atom stereocenters. The Balaban J connectivity index is 2.60. The van der Waals surface area contributed by atoms with Crippen molar-refractivity contribution >= 4 is 17.5 Å². The summed E-state index contributed by atoms with van der Waals surface area (Å²) in [6.45, 7) is 6.33. The van der Waals surface area contributed by atoms with E-state index in [-0.39, 0.29) is 11.3 Å². The second kappa shape index (κ2) is 7.49. The number of hydrogen-bond acceptors (Lipinski definition) is 1. The Morgan fingerprint density at radius 1 is 1.32 bits per heavy atom. The Kier molecular flexibility index (Phi) is 6.29. The van der Waals surface area contributed by atoms with Gasteiger partial charge in [-0.25, -0.2) is 4.39 Å². The number of amides is 1. The van der Waals surface area contributed by atoms with Crippen molar-refractivity contribution in [1.29, 1.82) is 0 Å². The minimum Gasteiger partial charge on any atom is -0.351 e. The maximum Gasteiger partial charge on any atom is 0.251 e. The van der Waals surface area contributed by atoms with E-state index in [0.29, 0.717) is 18.0 Å². The summed E-state index contributed by atoms with van der Waals surface area (Å²) in [6.07, 6.45) is 1.97. The second-order valence-corrected chi connectivity index (χ2v) is 5.38. The third-order valence-corrected chi connectivity index (χ3v) is 3.83. The molecule has 1 aromatic carbocycles. The van der Waals surface area contributed by atoms with Gasteiger partial charge in [0.25, 0.3) is 5.91 Å². The van der Waals surface area contributed by atoms with Crippen LogP contribution in [0.1, 0.15) is 42.6 Å². The molecule has 0 bridgehead atoms. The van der Waals surface area contributed by atoms with Gasteiger partial charge in [-0.15, -0.1) is 11.6 Å². The molecule has 0 aliphatic rings. The van der Waals surface area contributed by atoms with E-state index >= 15 is 0 Å². The number of carbonyl (C=O) groups excluding carboxylic acids is 1. The Bertz CT molecular complexity index is 412. The topological polar surface area (TPSA) is 29.1 Å². The van der Waals surface area contributed by atoms with Gasteiger partial charge < -0.3 is 5.32 Å². The molecule has 0 aromatic heterocycles. The molecule has 19 heavy (non-hydrogen) atoms. The van der Waals surface area contributed by atoms with Gasteiger partial charge in [0, 0.05) is 12.1 Å². The van der Waals surface area contributed by atoms with Crippen LogP contribution in [0, 0.1) is 18.7 Å². The fourth-order valence-corrected chi connectivity index (χ4v) is 2.56. The van der Waals surface area contributed by atoms with Crippen LogP contribution in [0.3, 0.4) is 0 Å². The molecule has 1 rings (SSSR count). The fraction of sp³-hybridized carbons (Fsp3) is 0.533. The number of benzene rings is 1. The summed E-state index contributed by atoms with van der Waals surface area (Å²) in [5.74, 6) is -0.289. The molecule has 0 fully saturated rings. The van der Waals surface area contributed by atoms with Crippen molar-refractivity contribution in [3.8, 4) is 0 Å². The quantitative estimate of drug-likeness (QED) is 0.789. The molecule has 0 aliphatic heterocycles. The van der Waals surface area contributed by atoms with Crippen molar-refractivity contribution in [1.82, 2.24) is 5.32 Å². The van der Waals surface area contributed by atoms with Crippen LogP contribution in [0.5, 0.6) is 0 Å². The normalized spacial score (nSPS) is 12.5. The number of rotatable bonds is 6. The van der Waals surface area contributed by atoms with Crippen molar-refractivity contribution in [3.63, 3.8) is 0 Å². The minimum atomic E-state index is -0.396. The summed E-state index contributed by atoms with van der Waals surface area (Å²) in [4.78, 5) is 11.9. The smallest absolute Gasteiger partial charge is 0.251 e. The van der Waals surface area contributed by atoms with Gasteiger partial charge in [0.15, 0.2) is 0 Å². The molecule has 1 aromatic rings. The first-order valence-electron chi connectivity index (χ1n) is 6.67. The molecular formula is C15H21ClFNO. The van der Waals surface area contributed by atoms with Crippen molar-refractivity contribution < 1.29 is 9.18 Å². The Morgan fingerprint density at radius 3 is 2.47 bits per heavy atom. The van der Waals surface area contributed by atoms with Crippen molar-refractivity contribution in [3.05, 3.63) is 35.1 Å². The van der Waals surface area contributed by atoms with Crippen LogP contribution in [-0.2, 0) is 0 Å². The number of nitrogens with one attached hydrogen (secondary N) is 1. The molecule has 0 radical (unpaired) electrons. The standard InChI is InChI=1S/C15H21ClFNO/c1-4-11(5-2)14(16)9-18-15(19)12-6-10(3)7-13(17)8-12/h6-8,11,14H,4-5,9H2,1-3H3,(H,18,19). The highest BCUT2D eigenvalue weighted by Gasteiger charge is 2.17. The van der Waals surface area contributed by atoms with Gasteiger partial charge in [0.2, 0.25) is 0 Å². The van der Waals surface area contributed by atoms with Gasteiger partial charge in [-0.05, 0) is 36.6 Å². The highest BCUT2D eigenvalue weighted by atomic mass is 35.5. The van der Waals surface area contributed by atoms with E-state index < -0.39 is 5.82 Å². The number of carbonyl (C=O) groups is 1. The molecule has 0 saturated carbocycles. The number of aryl methyl sites for hydroxylation is 1. The van der Waals surface area contributed by atoms with E-state index in [4.69, 9.17) is 11.6 Å². The summed E-state index contributed by atoms with van der Waals surface area (Å²) >= 11 is 6.25. The Labute approximate surface area is 119 Å². The first kappa shape index (κ1) is 16.0. The van der Waals surface area contributed by atoms with E-state index in [1.807, 2.05) is 0 Å². The van der Waals surface area contributed by atoms with Crippen molar-refractivity contribution in [2.24, 2.45) is 5.92 Å². The van der Waals surface area contributed by atoms with Gasteiger partial charge in [-0.1, -0.05) is 26.7 Å². The van der Waals surface area contributed by atoms with Crippen LogP contribution < -0.4 is 5.32 Å².